The van der Waals surface area contributed by atoms with Gasteiger partial charge in [-0.15, -0.1) is 11.3 Å². The third-order valence-electron chi connectivity index (χ3n) is 3.72. The summed E-state index contributed by atoms with van der Waals surface area (Å²) in [7, 11) is 0. The molecule has 0 aliphatic rings. The average Bonchev–Trinajstić information content (AvgIpc) is 2.93. The van der Waals surface area contributed by atoms with E-state index in [1.165, 1.54) is 5.56 Å². The predicted octanol–water partition coefficient (Wildman–Crippen LogP) is 3.88. The molecule has 0 saturated carbocycles. The van der Waals surface area contributed by atoms with Crippen LogP contribution >= 0.6 is 11.3 Å². The molecule has 0 amide bonds. The van der Waals surface area contributed by atoms with Gasteiger partial charge in [0.05, 0.1) is 11.1 Å². The van der Waals surface area contributed by atoms with Crippen LogP contribution in [-0.2, 0) is 6.42 Å². The lowest BCUT2D eigenvalue weighted by atomic mass is 9.80. The van der Waals surface area contributed by atoms with Crippen molar-refractivity contribution in [1.29, 1.82) is 0 Å². The standard InChI is InChI=1S/C16H21NOS/c1-3-12(2)16(13-7-5-4-6-8-13)14(18)11-15-17-9-10-19-15/h4-10,12,14,16,18H,3,11H2,1-2H3. The second-order valence-electron chi connectivity index (χ2n) is 5.02. The minimum absolute atomic E-state index is 0.176. The minimum atomic E-state index is -0.372. The lowest BCUT2D eigenvalue weighted by Crippen LogP contribution is -2.26. The number of aliphatic hydroxyl groups excluding tert-OH is 1. The molecule has 1 N–H and O–H groups in total. The summed E-state index contributed by atoms with van der Waals surface area (Å²) < 4.78 is 0. The molecule has 3 atom stereocenters. The van der Waals surface area contributed by atoms with Gasteiger partial charge in [-0.2, -0.15) is 0 Å². The monoisotopic (exact) mass is 275 g/mol. The van der Waals surface area contributed by atoms with Crippen molar-refractivity contribution < 1.29 is 5.11 Å². The van der Waals surface area contributed by atoms with Crippen LogP contribution < -0.4 is 0 Å². The van der Waals surface area contributed by atoms with Crippen molar-refractivity contribution in [3.8, 4) is 0 Å². The second-order valence-corrected chi connectivity index (χ2v) is 6.00. The maximum atomic E-state index is 10.6. The topological polar surface area (TPSA) is 33.1 Å². The smallest absolute Gasteiger partial charge is 0.0950 e. The van der Waals surface area contributed by atoms with Crippen LogP contribution in [0.25, 0.3) is 0 Å². The number of aliphatic hydroxyl groups is 1. The van der Waals surface area contributed by atoms with Gasteiger partial charge in [-0.05, 0) is 11.5 Å². The zero-order valence-electron chi connectivity index (χ0n) is 11.5. The van der Waals surface area contributed by atoms with Crippen molar-refractivity contribution in [2.75, 3.05) is 0 Å². The largest absolute Gasteiger partial charge is 0.392 e. The molecule has 0 fully saturated rings. The van der Waals surface area contributed by atoms with E-state index in [1.54, 1.807) is 17.5 Å². The summed E-state index contributed by atoms with van der Waals surface area (Å²) in [5.41, 5.74) is 1.22. The normalized spacial score (nSPS) is 15.9. The summed E-state index contributed by atoms with van der Waals surface area (Å²) in [5.74, 6) is 0.632. The van der Waals surface area contributed by atoms with Crippen LogP contribution in [0.1, 0.15) is 36.8 Å². The Bertz CT molecular complexity index is 469. The Kier molecular flexibility index (Phi) is 5.11. The molecule has 102 valence electrons. The zero-order valence-corrected chi connectivity index (χ0v) is 12.3. The molecule has 3 heteroatoms. The van der Waals surface area contributed by atoms with Gasteiger partial charge < -0.3 is 5.11 Å². The fraction of sp³-hybridized carbons (Fsp3) is 0.438. The third-order valence-corrected chi connectivity index (χ3v) is 4.53. The molecular weight excluding hydrogens is 254 g/mol. The van der Waals surface area contributed by atoms with Gasteiger partial charge in [0.1, 0.15) is 0 Å². The van der Waals surface area contributed by atoms with E-state index < -0.39 is 0 Å². The first kappa shape index (κ1) is 14.2. The first-order chi connectivity index (χ1) is 9.22. The van der Waals surface area contributed by atoms with Crippen LogP contribution in [0, 0.1) is 5.92 Å². The number of benzene rings is 1. The van der Waals surface area contributed by atoms with E-state index in [4.69, 9.17) is 0 Å². The highest BCUT2D eigenvalue weighted by molar-refractivity contribution is 7.09. The number of hydrogen-bond donors (Lipinski definition) is 1. The van der Waals surface area contributed by atoms with Crippen LogP contribution in [0.4, 0.5) is 0 Å². The maximum Gasteiger partial charge on any atom is 0.0950 e. The second kappa shape index (κ2) is 6.83. The molecule has 1 heterocycles. The van der Waals surface area contributed by atoms with Gasteiger partial charge in [0.2, 0.25) is 0 Å². The van der Waals surface area contributed by atoms with Crippen molar-refractivity contribution >= 4 is 11.3 Å². The number of thiazole rings is 1. The molecular formula is C16H21NOS. The molecule has 0 radical (unpaired) electrons. The molecule has 0 spiro atoms. The van der Waals surface area contributed by atoms with Crippen LogP contribution in [0.15, 0.2) is 41.9 Å². The van der Waals surface area contributed by atoms with Gasteiger partial charge >= 0.3 is 0 Å². The first-order valence-electron chi connectivity index (χ1n) is 6.83. The summed E-state index contributed by atoms with van der Waals surface area (Å²) in [6, 6.07) is 10.3. The quantitative estimate of drug-likeness (QED) is 0.868. The van der Waals surface area contributed by atoms with Gasteiger partial charge in [0.15, 0.2) is 0 Å². The lowest BCUT2D eigenvalue weighted by Gasteiger charge is -2.28. The SMILES string of the molecule is CCC(C)C(c1ccccc1)C(O)Cc1nccs1. The van der Waals surface area contributed by atoms with Crippen molar-refractivity contribution in [3.05, 3.63) is 52.5 Å². The Morgan fingerprint density at radius 3 is 2.58 bits per heavy atom. The molecule has 2 rings (SSSR count). The summed E-state index contributed by atoms with van der Waals surface area (Å²) >= 11 is 1.61. The van der Waals surface area contributed by atoms with E-state index in [1.807, 2.05) is 23.6 Å². The molecule has 1 aromatic carbocycles. The highest BCUT2D eigenvalue weighted by Crippen LogP contribution is 2.32. The molecule has 3 unspecified atom stereocenters. The van der Waals surface area contributed by atoms with Gasteiger partial charge in [-0.1, -0.05) is 50.6 Å². The van der Waals surface area contributed by atoms with Crippen LogP contribution in [-0.4, -0.2) is 16.2 Å². The average molecular weight is 275 g/mol. The summed E-state index contributed by atoms with van der Waals surface area (Å²) in [5, 5.41) is 13.6. The van der Waals surface area contributed by atoms with E-state index in [0.717, 1.165) is 11.4 Å². The highest BCUT2D eigenvalue weighted by Gasteiger charge is 2.26. The van der Waals surface area contributed by atoms with Gasteiger partial charge in [0.25, 0.3) is 0 Å². The number of hydrogen-bond acceptors (Lipinski definition) is 3. The maximum absolute atomic E-state index is 10.6. The summed E-state index contributed by atoms with van der Waals surface area (Å²) in [6.07, 6.45) is 3.13. The Hall–Kier alpha value is -1.19. The van der Waals surface area contributed by atoms with E-state index in [2.05, 4.69) is 31.0 Å². The van der Waals surface area contributed by atoms with Crippen molar-refractivity contribution in [2.24, 2.45) is 5.92 Å². The van der Waals surface area contributed by atoms with Crippen LogP contribution in [0.5, 0.6) is 0 Å². The fourth-order valence-corrected chi connectivity index (χ4v) is 3.19. The molecule has 2 nitrogen and oxygen atoms in total. The highest BCUT2D eigenvalue weighted by atomic mass is 32.1. The zero-order chi connectivity index (χ0) is 13.7. The summed E-state index contributed by atoms with van der Waals surface area (Å²) in [6.45, 7) is 4.39. The van der Waals surface area contributed by atoms with Crippen molar-refractivity contribution in [2.45, 2.75) is 38.7 Å². The first-order valence-corrected chi connectivity index (χ1v) is 7.71. The lowest BCUT2D eigenvalue weighted by molar-refractivity contribution is 0.117. The van der Waals surface area contributed by atoms with Crippen LogP contribution in [0.3, 0.4) is 0 Å². The Morgan fingerprint density at radius 1 is 1.26 bits per heavy atom. The third kappa shape index (κ3) is 3.64. The molecule has 0 saturated heterocycles. The van der Waals surface area contributed by atoms with Crippen molar-refractivity contribution in [3.63, 3.8) is 0 Å². The van der Waals surface area contributed by atoms with E-state index in [-0.39, 0.29) is 12.0 Å². The van der Waals surface area contributed by atoms with Gasteiger partial charge in [0, 0.05) is 23.9 Å². The van der Waals surface area contributed by atoms with Crippen LogP contribution in [0.2, 0.25) is 0 Å². The molecule has 0 aliphatic heterocycles. The Morgan fingerprint density at radius 2 is 2.00 bits per heavy atom. The summed E-state index contributed by atoms with van der Waals surface area (Å²) in [4.78, 5) is 4.28. The molecule has 2 aromatic rings. The van der Waals surface area contributed by atoms with Gasteiger partial charge in [-0.25, -0.2) is 4.98 Å². The fourth-order valence-electron chi connectivity index (χ4n) is 2.52. The molecule has 0 aliphatic carbocycles. The van der Waals surface area contributed by atoms with E-state index in [0.29, 0.717) is 12.3 Å². The predicted molar refractivity (Wildman–Crippen MR) is 80.5 cm³/mol. The minimum Gasteiger partial charge on any atom is -0.392 e. The number of aromatic nitrogens is 1. The van der Waals surface area contributed by atoms with E-state index in [9.17, 15) is 5.11 Å². The molecule has 19 heavy (non-hydrogen) atoms. The van der Waals surface area contributed by atoms with Gasteiger partial charge in [-0.3, -0.25) is 0 Å². The molecule has 0 bridgehead atoms. The van der Waals surface area contributed by atoms with Crippen molar-refractivity contribution in [1.82, 2.24) is 4.98 Å². The number of nitrogens with zero attached hydrogens (tertiary/aromatic N) is 1. The Balaban J connectivity index is 2.18. The molecule has 1 aromatic heterocycles. The Labute approximate surface area is 119 Å². The van der Waals surface area contributed by atoms with E-state index >= 15 is 0 Å². The number of rotatable bonds is 6.